The van der Waals surface area contributed by atoms with Crippen molar-refractivity contribution in [3.63, 3.8) is 0 Å². The minimum absolute atomic E-state index is 0.711. The zero-order valence-electron chi connectivity index (χ0n) is 18.7. The molecule has 0 aliphatic heterocycles. The van der Waals surface area contributed by atoms with Crippen molar-refractivity contribution in [2.45, 2.75) is 74.9 Å². The van der Waals surface area contributed by atoms with Gasteiger partial charge in [0.2, 0.25) is 0 Å². The average molecular weight is 459 g/mol. The second-order valence-electron chi connectivity index (χ2n) is 8.13. The summed E-state index contributed by atoms with van der Waals surface area (Å²) in [6, 6.07) is 18.0. The van der Waals surface area contributed by atoms with E-state index in [0.717, 1.165) is 49.4 Å². The van der Waals surface area contributed by atoms with Gasteiger partial charge in [0.25, 0.3) is 0 Å². The van der Waals surface area contributed by atoms with Gasteiger partial charge in [0.15, 0.2) is 6.10 Å². The molecule has 0 amide bonds. The fraction of sp³-hybridized carbons (Fsp3) is 0.462. The third kappa shape index (κ3) is 8.67. The average Bonchev–Trinajstić information content (AvgIpc) is 2.79. The van der Waals surface area contributed by atoms with Crippen LogP contribution in [0, 0.1) is 0 Å². The lowest BCUT2D eigenvalue weighted by atomic mass is 9.96. The number of benzene rings is 2. The first-order valence-corrected chi connectivity index (χ1v) is 12.2. The van der Waals surface area contributed by atoms with Crippen LogP contribution >= 0.6 is 11.8 Å². The number of aliphatic hydroxyl groups is 1. The number of thioether (sulfide) groups is 1. The third-order valence-corrected chi connectivity index (χ3v) is 7.02. The van der Waals surface area contributed by atoms with E-state index in [0.29, 0.717) is 5.56 Å². The summed E-state index contributed by atoms with van der Waals surface area (Å²) in [5.41, 5.74) is 3.08. The zero-order chi connectivity index (χ0) is 23.3. The van der Waals surface area contributed by atoms with Crippen molar-refractivity contribution in [1.29, 1.82) is 0 Å². The lowest BCUT2D eigenvalue weighted by molar-refractivity contribution is -0.146. The lowest BCUT2D eigenvalue weighted by Crippen LogP contribution is -2.29. The Bertz CT molecular complexity index is 839. The van der Waals surface area contributed by atoms with Gasteiger partial charge in [0.1, 0.15) is 5.25 Å². The maximum absolute atomic E-state index is 11.4. The third-order valence-electron chi connectivity index (χ3n) is 5.60. The Balaban J connectivity index is 1.84. The first-order valence-electron chi connectivity index (χ1n) is 11.3. The molecule has 0 aliphatic carbocycles. The number of aliphatic carboxylic acids is 2. The van der Waals surface area contributed by atoms with Gasteiger partial charge in [-0.25, -0.2) is 4.79 Å². The summed E-state index contributed by atoms with van der Waals surface area (Å²) in [5, 5.41) is 27.2. The number of carbonyl (C=O) groups is 2. The van der Waals surface area contributed by atoms with Crippen molar-refractivity contribution in [2.75, 3.05) is 0 Å². The highest BCUT2D eigenvalue weighted by Crippen LogP contribution is 2.38. The Morgan fingerprint density at radius 1 is 0.781 bits per heavy atom. The predicted octanol–water partition coefficient (Wildman–Crippen LogP) is 5.51. The molecule has 3 N–H and O–H groups in total. The molecule has 2 unspecified atom stereocenters. The molecule has 0 aromatic heterocycles. The normalized spacial score (nSPS) is 13.9. The van der Waals surface area contributed by atoms with E-state index in [-0.39, 0.29) is 0 Å². The van der Waals surface area contributed by atoms with E-state index in [1.165, 1.54) is 31.7 Å². The Morgan fingerprint density at radius 2 is 1.34 bits per heavy atom. The standard InChI is InChI=1S/C26H34O5S/c1-19(25(28)29)32-24(23(27)26(30)31)22-18-12-11-17-21(22)16-10-5-3-2-4-7-13-20-14-8-6-9-15-20/h6,8-9,11-12,14-15,17-19,23-24,27H,2-5,7,10,13,16H2,1H3,(H,28,29)(H,30,31)/t19-,23?,24?/m1/s1. The first-order chi connectivity index (χ1) is 15.4. The van der Waals surface area contributed by atoms with E-state index in [4.69, 9.17) is 0 Å². The second-order valence-corrected chi connectivity index (χ2v) is 9.61. The molecule has 3 atom stereocenters. The van der Waals surface area contributed by atoms with E-state index in [2.05, 4.69) is 24.3 Å². The zero-order valence-corrected chi connectivity index (χ0v) is 19.5. The maximum Gasteiger partial charge on any atom is 0.334 e. The number of hydrogen-bond acceptors (Lipinski definition) is 4. The van der Waals surface area contributed by atoms with Crippen LogP contribution in [-0.4, -0.2) is 38.6 Å². The van der Waals surface area contributed by atoms with Crippen molar-refractivity contribution in [3.8, 4) is 0 Å². The molecule has 0 spiro atoms. The largest absolute Gasteiger partial charge is 0.480 e. The summed E-state index contributed by atoms with van der Waals surface area (Å²) in [4.78, 5) is 22.7. The van der Waals surface area contributed by atoms with Crippen LogP contribution in [0.25, 0.3) is 0 Å². The van der Waals surface area contributed by atoms with E-state index in [9.17, 15) is 24.9 Å². The van der Waals surface area contributed by atoms with Crippen molar-refractivity contribution >= 4 is 23.7 Å². The smallest absolute Gasteiger partial charge is 0.334 e. The van der Waals surface area contributed by atoms with Gasteiger partial charge in [-0.1, -0.05) is 80.3 Å². The Hall–Kier alpha value is -2.31. The van der Waals surface area contributed by atoms with Crippen molar-refractivity contribution in [2.24, 2.45) is 0 Å². The Labute approximate surface area is 194 Å². The molecule has 2 aromatic carbocycles. The summed E-state index contributed by atoms with van der Waals surface area (Å²) in [7, 11) is 0. The second kappa shape index (κ2) is 14.0. The predicted molar refractivity (Wildman–Crippen MR) is 129 cm³/mol. The summed E-state index contributed by atoms with van der Waals surface area (Å²) < 4.78 is 0. The molecule has 0 saturated heterocycles. The fourth-order valence-electron chi connectivity index (χ4n) is 3.76. The van der Waals surface area contributed by atoms with Crippen molar-refractivity contribution < 1.29 is 24.9 Å². The summed E-state index contributed by atoms with van der Waals surface area (Å²) >= 11 is 0.977. The van der Waals surface area contributed by atoms with Gasteiger partial charge in [-0.3, -0.25) is 4.79 Å². The Kier molecular flexibility index (Phi) is 11.3. The molecule has 0 radical (unpaired) electrons. The van der Waals surface area contributed by atoms with Gasteiger partial charge in [-0.05, 0) is 49.3 Å². The molecule has 2 rings (SSSR count). The van der Waals surface area contributed by atoms with Crippen molar-refractivity contribution in [1.82, 2.24) is 0 Å². The van der Waals surface area contributed by atoms with Gasteiger partial charge in [-0.2, -0.15) is 0 Å². The summed E-state index contributed by atoms with van der Waals surface area (Å²) in [5.74, 6) is -2.37. The highest BCUT2D eigenvalue weighted by atomic mass is 32.2. The number of carboxylic acid groups (broad SMARTS) is 2. The van der Waals surface area contributed by atoms with Gasteiger partial charge in [-0.15, -0.1) is 11.8 Å². The molecule has 32 heavy (non-hydrogen) atoms. The number of rotatable bonds is 15. The highest BCUT2D eigenvalue weighted by molar-refractivity contribution is 8.00. The molecule has 0 fully saturated rings. The van der Waals surface area contributed by atoms with Crippen LogP contribution in [-0.2, 0) is 22.4 Å². The van der Waals surface area contributed by atoms with Crippen LogP contribution in [0.4, 0.5) is 0 Å². The minimum atomic E-state index is -1.66. The van der Waals surface area contributed by atoms with Crippen LogP contribution in [0.15, 0.2) is 54.6 Å². The van der Waals surface area contributed by atoms with Gasteiger partial charge in [0.05, 0.1) is 5.25 Å². The Morgan fingerprint density at radius 3 is 1.97 bits per heavy atom. The van der Waals surface area contributed by atoms with E-state index < -0.39 is 28.5 Å². The molecule has 0 bridgehead atoms. The van der Waals surface area contributed by atoms with Crippen LogP contribution in [0.2, 0.25) is 0 Å². The number of aliphatic hydroxyl groups excluding tert-OH is 1. The highest BCUT2D eigenvalue weighted by Gasteiger charge is 2.32. The molecule has 0 aliphatic rings. The van der Waals surface area contributed by atoms with Crippen LogP contribution in [0.1, 0.15) is 67.4 Å². The summed E-state index contributed by atoms with van der Waals surface area (Å²) in [6.07, 6.45) is 7.06. The van der Waals surface area contributed by atoms with Crippen molar-refractivity contribution in [3.05, 3.63) is 71.3 Å². The SMILES string of the molecule is C[C@@H](SC(c1ccccc1CCCCCCCCc1ccccc1)C(O)C(=O)O)C(=O)O. The molecule has 2 aromatic rings. The van der Waals surface area contributed by atoms with E-state index in [1.54, 1.807) is 12.1 Å². The first kappa shape index (κ1) is 25.9. The molecule has 5 nitrogen and oxygen atoms in total. The van der Waals surface area contributed by atoms with Crippen LogP contribution in [0.5, 0.6) is 0 Å². The number of unbranched alkanes of at least 4 members (excludes halogenated alkanes) is 5. The minimum Gasteiger partial charge on any atom is -0.480 e. The van der Waals surface area contributed by atoms with Gasteiger partial charge >= 0.3 is 11.9 Å². The van der Waals surface area contributed by atoms with Crippen LogP contribution in [0.3, 0.4) is 0 Å². The molecule has 174 valence electrons. The number of hydrogen-bond donors (Lipinski definition) is 3. The molecule has 6 heteroatoms. The topological polar surface area (TPSA) is 94.8 Å². The quantitative estimate of drug-likeness (QED) is 0.305. The van der Waals surface area contributed by atoms with E-state index >= 15 is 0 Å². The molecule has 0 heterocycles. The van der Waals surface area contributed by atoms with Gasteiger partial charge < -0.3 is 15.3 Å². The van der Waals surface area contributed by atoms with E-state index in [1.807, 2.05) is 18.2 Å². The maximum atomic E-state index is 11.4. The van der Waals surface area contributed by atoms with Crippen LogP contribution < -0.4 is 0 Å². The lowest BCUT2D eigenvalue weighted by Gasteiger charge is -2.24. The summed E-state index contributed by atoms with van der Waals surface area (Å²) in [6.45, 7) is 1.51. The van der Waals surface area contributed by atoms with Gasteiger partial charge in [0, 0.05) is 0 Å². The fourth-order valence-corrected chi connectivity index (χ4v) is 4.96. The molecular weight excluding hydrogens is 424 g/mol. The number of carboxylic acids is 2. The molecule has 0 saturated carbocycles. The molecular formula is C26H34O5S. The number of aryl methyl sites for hydroxylation is 2. The monoisotopic (exact) mass is 458 g/mol.